The molecule has 2 aromatic rings. The predicted molar refractivity (Wildman–Crippen MR) is 76.3 cm³/mol. The van der Waals surface area contributed by atoms with Crippen molar-refractivity contribution < 1.29 is 4.74 Å². The first-order valence-corrected chi connectivity index (χ1v) is 6.74. The maximum atomic E-state index is 5.69. The molecule has 0 bridgehead atoms. The number of aromatic nitrogens is 2. The van der Waals surface area contributed by atoms with E-state index in [-0.39, 0.29) is 0 Å². The van der Waals surface area contributed by atoms with E-state index in [0.717, 1.165) is 31.7 Å². The molecule has 19 heavy (non-hydrogen) atoms. The number of nitrogens with zero attached hydrogens (tertiary/aromatic N) is 2. The molecule has 0 radical (unpaired) electrons. The number of ether oxygens (including phenoxy) is 1. The standard InChI is InChI=1S/C15H21N3O/c1-2-19-15-6-5-13(4-3-7-16)10-14(15)11-18-9-8-17-12-18/h5-6,8-10,12H,2-4,7,11,16H2,1H3. The Bertz CT molecular complexity index is 494. The quantitative estimate of drug-likeness (QED) is 0.829. The number of rotatable bonds is 7. The largest absolute Gasteiger partial charge is 0.494 e. The summed E-state index contributed by atoms with van der Waals surface area (Å²) in [5, 5.41) is 0. The predicted octanol–water partition coefficient (Wildman–Crippen LogP) is 2.22. The Morgan fingerprint density at radius 1 is 1.37 bits per heavy atom. The van der Waals surface area contributed by atoms with E-state index in [1.54, 1.807) is 6.20 Å². The number of nitrogens with two attached hydrogens (primary N) is 1. The van der Waals surface area contributed by atoms with Crippen molar-refractivity contribution in [2.75, 3.05) is 13.2 Å². The van der Waals surface area contributed by atoms with Gasteiger partial charge in [-0.15, -0.1) is 0 Å². The Morgan fingerprint density at radius 2 is 2.26 bits per heavy atom. The van der Waals surface area contributed by atoms with E-state index >= 15 is 0 Å². The zero-order valence-corrected chi connectivity index (χ0v) is 11.4. The monoisotopic (exact) mass is 259 g/mol. The van der Waals surface area contributed by atoms with Gasteiger partial charge in [-0.1, -0.05) is 12.1 Å². The topological polar surface area (TPSA) is 53.1 Å². The van der Waals surface area contributed by atoms with Gasteiger partial charge in [0.1, 0.15) is 5.75 Å². The minimum atomic E-state index is 0.680. The van der Waals surface area contributed by atoms with E-state index in [0.29, 0.717) is 6.61 Å². The average molecular weight is 259 g/mol. The summed E-state index contributed by atoms with van der Waals surface area (Å²) in [5.41, 5.74) is 8.06. The summed E-state index contributed by atoms with van der Waals surface area (Å²) in [5.74, 6) is 0.952. The molecule has 4 heteroatoms. The first-order valence-electron chi connectivity index (χ1n) is 6.74. The summed E-state index contributed by atoms with van der Waals surface area (Å²) in [6.45, 7) is 4.19. The summed E-state index contributed by atoms with van der Waals surface area (Å²) >= 11 is 0. The summed E-state index contributed by atoms with van der Waals surface area (Å²) in [7, 11) is 0. The van der Waals surface area contributed by atoms with Gasteiger partial charge in [-0.3, -0.25) is 0 Å². The lowest BCUT2D eigenvalue weighted by atomic mass is 10.1. The molecule has 0 saturated heterocycles. The third-order valence-electron chi connectivity index (χ3n) is 3.01. The van der Waals surface area contributed by atoms with Crippen LogP contribution in [0.2, 0.25) is 0 Å². The molecule has 0 aliphatic heterocycles. The molecule has 0 aliphatic carbocycles. The van der Waals surface area contributed by atoms with E-state index in [1.165, 1.54) is 11.1 Å². The third kappa shape index (κ3) is 3.83. The second-order valence-electron chi connectivity index (χ2n) is 4.50. The van der Waals surface area contributed by atoms with E-state index in [9.17, 15) is 0 Å². The van der Waals surface area contributed by atoms with Crippen molar-refractivity contribution in [3.8, 4) is 5.75 Å². The van der Waals surface area contributed by atoms with Gasteiger partial charge in [-0.2, -0.15) is 0 Å². The average Bonchev–Trinajstić information content (AvgIpc) is 2.92. The Balaban J connectivity index is 2.19. The fourth-order valence-corrected chi connectivity index (χ4v) is 2.09. The van der Waals surface area contributed by atoms with Crippen molar-refractivity contribution >= 4 is 0 Å². The van der Waals surface area contributed by atoms with Crippen LogP contribution in [0.4, 0.5) is 0 Å². The van der Waals surface area contributed by atoms with Crippen molar-refractivity contribution in [2.24, 2.45) is 5.73 Å². The molecule has 102 valence electrons. The lowest BCUT2D eigenvalue weighted by Gasteiger charge is -2.12. The number of benzene rings is 1. The molecule has 1 heterocycles. The number of hydrogen-bond acceptors (Lipinski definition) is 3. The Morgan fingerprint density at radius 3 is 2.95 bits per heavy atom. The van der Waals surface area contributed by atoms with E-state index in [4.69, 9.17) is 10.5 Å². The second-order valence-corrected chi connectivity index (χ2v) is 4.50. The van der Waals surface area contributed by atoms with Crippen LogP contribution in [0, 0.1) is 0 Å². The van der Waals surface area contributed by atoms with E-state index in [1.807, 2.05) is 24.0 Å². The van der Waals surface area contributed by atoms with Crippen LogP contribution in [-0.2, 0) is 13.0 Å². The fraction of sp³-hybridized carbons (Fsp3) is 0.400. The Kier molecular flexibility index (Phi) is 4.98. The van der Waals surface area contributed by atoms with Crippen molar-refractivity contribution in [1.29, 1.82) is 0 Å². The molecule has 0 fully saturated rings. The van der Waals surface area contributed by atoms with Crippen LogP contribution >= 0.6 is 0 Å². The number of aryl methyl sites for hydroxylation is 1. The lowest BCUT2D eigenvalue weighted by molar-refractivity contribution is 0.335. The van der Waals surface area contributed by atoms with Gasteiger partial charge in [0.05, 0.1) is 19.5 Å². The maximum Gasteiger partial charge on any atom is 0.124 e. The van der Waals surface area contributed by atoms with Crippen LogP contribution < -0.4 is 10.5 Å². The van der Waals surface area contributed by atoms with Crippen molar-refractivity contribution in [1.82, 2.24) is 9.55 Å². The second kappa shape index (κ2) is 6.95. The summed E-state index contributed by atoms with van der Waals surface area (Å²) in [6.07, 6.45) is 7.60. The van der Waals surface area contributed by atoms with Crippen LogP contribution in [-0.4, -0.2) is 22.7 Å². The summed E-state index contributed by atoms with van der Waals surface area (Å²) in [4.78, 5) is 4.07. The smallest absolute Gasteiger partial charge is 0.124 e. The zero-order chi connectivity index (χ0) is 13.5. The number of imidazole rings is 1. The summed E-state index contributed by atoms with van der Waals surface area (Å²) in [6, 6.07) is 6.39. The molecule has 0 atom stereocenters. The molecule has 0 spiro atoms. The zero-order valence-electron chi connectivity index (χ0n) is 11.4. The van der Waals surface area contributed by atoms with Gasteiger partial charge in [-0.05, 0) is 37.9 Å². The lowest BCUT2D eigenvalue weighted by Crippen LogP contribution is -2.04. The minimum Gasteiger partial charge on any atom is -0.494 e. The first-order chi connectivity index (χ1) is 9.33. The molecule has 2 rings (SSSR count). The van der Waals surface area contributed by atoms with Crippen LogP contribution in [0.5, 0.6) is 5.75 Å². The highest BCUT2D eigenvalue weighted by molar-refractivity contribution is 5.37. The molecule has 2 N–H and O–H groups in total. The maximum absolute atomic E-state index is 5.69. The van der Waals surface area contributed by atoms with Crippen LogP contribution in [0.3, 0.4) is 0 Å². The molecule has 4 nitrogen and oxygen atoms in total. The highest BCUT2D eigenvalue weighted by Crippen LogP contribution is 2.22. The van der Waals surface area contributed by atoms with Gasteiger partial charge in [-0.25, -0.2) is 4.98 Å². The van der Waals surface area contributed by atoms with Gasteiger partial charge in [0, 0.05) is 18.0 Å². The van der Waals surface area contributed by atoms with Crippen LogP contribution in [0.1, 0.15) is 24.5 Å². The van der Waals surface area contributed by atoms with Gasteiger partial charge in [0.2, 0.25) is 0 Å². The SMILES string of the molecule is CCOc1ccc(CCCN)cc1Cn1ccnc1. The molecule has 1 aromatic heterocycles. The highest BCUT2D eigenvalue weighted by atomic mass is 16.5. The minimum absolute atomic E-state index is 0.680. The van der Waals surface area contributed by atoms with Crippen molar-refractivity contribution in [3.05, 3.63) is 48.0 Å². The van der Waals surface area contributed by atoms with Crippen molar-refractivity contribution in [3.63, 3.8) is 0 Å². The number of hydrogen-bond donors (Lipinski definition) is 1. The normalized spacial score (nSPS) is 10.6. The first kappa shape index (κ1) is 13.6. The molecular weight excluding hydrogens is 238 g/mol. The molecule has 0 unspecified atom stereocenters. The third-order valence-corrected chi connectivity index (χ3v) is 3.01. The Labute approximate surface area is 114 Å². The van der Waals surface area contributed by atoms with Crippen LogP contribution in [0.25, 0.3) is 0 Å². The molecule has 0 aliphatic rings. The van der Waals surface area contributed by atoms with Gasteiger partial charge in [0.25, 0.3) is 0 Å². The molecule has 0 amide bonds. The fourth-order valence-electron chi connectivity index (χ4n) is 2.09. The van der Waals surface area contributed by atoms with E-state index in [2.05, 4.69) is 23.2 Å². The Hall–Kier alpha value is -1.81. The summed E-state index contributed by atoms with van der Waals surface area (Å²) < 4.78 is 7.73. The van der Waals surface area contributed by atoms with E-state index < -0.39 is 0 Å². The highest BCUT2D eigenvalue weighted by Gasteiger charge is 2.06. The van der Waals surface area contributed by atoms with Gasteiger partial charge in [0.15, 0.2) is 0 Å². The van der Waals surface area contributed by atoms with Gasteiger partial charge >= 0.3 is 0 Å². The molecule has 1 aromatic carbocycles. The van der Waals surface area contributed by atoms with Crippen LogP contribution in [0.15, 0.2) is 36.9 Å². The van der Waals surface area contributed by atoms with Gasteiger partial charge < -0.3 is 15.0 Å². The van der Waals surface area contributed by atoms with Crippen molar-refractivity contribution in [2.45, 2.75) is 26.3 Å². The molecule has 0 saturated carbocycles. The molecular formula is C15H21N3O.